The monoisotopic (exact) mass is 553 g/mol. The maximum atomic E-state index is 13.5. The third-order valence-electron chi connectivity index (χ3n) is 6.22. The molecule has 0 aromatic heterocycles. The highest BCUT2D eigenvalue weighted by Crippen LogP contribution is 2.31. The lowest BCUT2D eigenvalue weighted by Gasteiger charge is -2.32. The Balaban J connectivity index is 1.88. The molecule has 0 saturated carbocycles. The minimum atomic E-state index is -4.06. The molecule has 0 aliphatic carbocycles. The zero-order valence-corrected chi connectivity index (χ0v) is 22.7. The quantitative estimate of drug-likeness (QED) is 0.473. The van der Waals surface area contributed by atoms with Crippen LogP contribution in [-0.4, -0.2) is 54.0 Å². The predicted octanol–water partition coefficient (Wildman–Crippen LogP) is 4.25. The van der Waals surface area contributed by atoms with Gasteiger partial charge in [-0.15, -0.1) is 0 Å². The van der Waals surface area contributed by atoms with Crippen LogP contribution in [-0.2, 0) is 26.2 Å². The zero-order valence-electron chi connectivity index (χ0n) is 20.3. The van der Waals surface area contributed by atoms with Crippen LogP contribution in [0.25, 0.3) is 0 Å². The molecule has 0 fully saturated rings. The Labute approximate surface area is 221 Å². The van der Waals surface area contributed by atoms with E-state index in [1.54, 1.807) is 31.2 Å². The van der Waals surface area contributed by atoms with Crippen LogP contribution < -0.4 is 5.32 Å². The number of carbonyl (C=O) groups is 3. The number of amides is 3. The topological polar surface area (TPSA) is 104 Å². The van der Waals surface area contributed by atoms with Crippen LogP contribution in [0.3, 0.4) is 0 Å². The van der Waals surface area contributed by atoms with Crippen LogP contribution in [0.1, 0.15) is 56.0 Å². The van der Waals surface area contributed by atoms with E-state index in [1.165, 1.54) is 23.1 Å². The molecule has 0 radical (unpaired) electrons. The molecule has 8 nitrogen and oxygen atoms in total. The van der Waals surface area contributed by atoms with Crippen molar-refractivity contribution < 1.29 is 22.8 Å². The van der Waals surface area contributed by atoms with Gasteiger partial charge in [-0.05, 0) is 44.0 Å². The van der Waals surface area contributed by atoms with Crippen molar-refractivity contribution in [2.45, 2.75) is 63.6 Å². The molecule has 1 N–H and O–H groups in total. The highest BCUT2D eigenvalue weighted by Gasteiger charge is 2.41. The Morgan fingerprint density at radius 3 is 2.25 bits per heavy atom. The Kier molecular flexibility index (Phi) is 9.03. The van der Waals surface area contributed by atoms with Gasteiger partial charge in [-0.25, -0.2) is 12.7 Å². The number of benzene rings is 2. The smallest absolute Gasteiger partial charge is 0.269 e. The van der Waals surface area contributed by atoms with Crippen molar-refractivity contribution in [3.8, 4) is 0 Å². The third kappa shape index (κ3) is 5.68. The third-order valence-corrected chi connectivity index (χ3v) is 8.77. The van der Waals surface area contributed by atoms with Gasteiger partial charge in [0.15, 0.2) is 0 Å². The van der Waals surface area contributed by atoms with Gasteiger partial charge in [-0.2, -0.15) is 0 Å². The normalized spacial score (nSPS) is 15.8. The summed E-state index contributed by atoms with van der Waals surface area (Å²) < 4.78 is 26.5. The fourth-order valence-corrected chi connectivity index (χ4v) is 6.09. The van der Waals surface area contributed by atoms with Crippen LogP contribution in [0.15, 0.2) is 47.4 Å². The van der Waals surface area contributed by atoms with E-state index < -0.39 is 27.9 Å². The second-order valence-corrected chi connectivity index (χ2v) is 11.2. The van der Waals surface area contributed by atoms with Crippen molar-refractivity contribution in [1.82, 2.24) is 14.5 Å². The lowest BCUT2D eigenvalue weighted by atomic mass is 10.1. The molecule has 3 rings (SSSR count). The number of fused-ring (bicyclic) bond motifs is 1. The van der Waals surface area contributed by atoms with Crippen molar-refractivity contribution in [2.75, 3.05) is 6.54 Å². The van der Waals surface area contributed by atoms with E-state index in [0.717, 1.165) is 0 Å². The number of hydrogen-bond donors (Lipinski definition) is 1. The minimum Gasteiger partial charge on any atom is -0.352 e. The summed E-state index contributed by atoms with van der Waals surface area (Å²) in [6.07, 6.45) is 0.707. The van der Waals surface area contributed by atoms with Gasteiger partial charge in [0.05, 0.1) is 5.56 Å². The molecule has 1 aliphatic heterocycles. The minimum absolute atomic E-state index is 0.0509. The Morgan fingerprint density at radius 2 is 1.67 bits per heavy atom. The van der Waals surface area contributed by atoms with Gasteiger partial charge in [0.1, 0.15) is 10.9 Å². The first kappa shape index (κ1) is 28.0. The standard InChI is InChI=1S/C25H29Cl2N3O5S/c1-4-16(3)28-24(32)21(5-2)29(15-18-19(26)10-8-11-20(18)27)23(31)13-14-30-25(33)17-9-6-7-12-22(17)36(30,34)35/h6-12,16,21H,4-5,13-15H2,1-3H3,(H,28,32)/t16-,21+/m1/s1. The number of halogens is 2. The number of carbonyl (C=O) groups excluding carboxylic acids is 3. The molecule has 1 heterocycles. The summed E-state index contributed by atoms with van der Waals surface area (Å²) in [5.74, 6) is -1.52. The number of rotatable bonds is 10. The molecule has 0 unspecified atom stereocenters. The molecule has 0 bridgehead atoms. The molecular weight excluding hydrogens is 525 g/mol. The summed E-state index contributed by atoms with van der Waals surface area (Å²) in [5.41, 5.74) is 0.547. The molecule has 2 aromatic carbocycles. The van der Waals surface area contributed by atoms with E-state index >= 15 is 0 Å². The van der Waals surface area contributed by atoms with E-state index in [-0.39, 0.29) is 41.9 Å². The molecular formula is C25H29Cl2N3O5S. The first-order valence-electron chi connectivity index (χ1n) is 11.7. The van der Waals surface area contributed by atoms with Crippen LogP contribution in [0.4, 0.5) is 0 Å². The Bertz CT molecular complexity index is 1250. The van der Waals surface area contributed by atoms with Crippen LogP contribution >= 0.6 is 23.2 Å². The van der Waals surface area contributed by atoms with Crippen molar-refractivity contribution >= 4 is 50.9 Å². The summed E-state index contributed by atoms with van der Waals surface area (Å²) in [7, 11) is -4.06. The van der Waals surface area contributed by atoms with Gasteiger partial charge in [-0.1, -0.05) is 55.2 Å². The maximum Gasteiger partial charge on any atom is 0.269 e. The molecule has 36 heavy (non-hydrogen) atoms. The van der Waals surface area contributed by atoms with Gasteiger partial charge in [0.25, 0.3) is 15.9 Å². The second-order valence-electron chi connectivity index (χ2n) is 8.59. The molecule has 3 amide bonds. The van der Waals surface area contributed by atoms with Gasteiger partial charge in [-0.3, -0.25) is 14.4 Å². The van der Waals surface area contributed by atoms with Crippen LogP contribution in [0, 0.1) is 0 Å². The van der Waals surface area contributed by atoms with Gasteiger partial charge < -0.3 is 10.2 Å². The summed E-state index contributed by atoms with van der Waals surface area (Å²) in [5, 5.41) is 3.58. The largest absolute Gasteiger partial charge is 0.352 e. The van der Waals surface area contributed by atoms with Gasteiger partial charge in [0.2, 0.25) is 11.8 Å². The highest BCUT2D eigenvalue weighted by atomic mass is 35.5. The van der Waals surface area contributed by atoms with Crippen LogP contribution in [0.5, 0.6) is 0 Å². The molecule has 0 spiro atoms. The van der Waals surface area contributed by atoms with Crippen molar-refractivity contribution in [1.29, 1.82) is 0 Å². The average Bonchev–Trinajstić information content (AvgIpc) is 3.04. The number of hydrogen-bond acceptors (Lipinski definition) is 5. The van der Waals surface area contributed by atoms with E-state index in [2.05, 4.69) is 5.32 Å². The molecule has 0 saturated heterocycles. The van der Waals surface area contributed by atoms with Gasteiger partial charge >= 0.3 is 0 Å². The molecule has 2 aromatic rings. The fourth-order valence-electron chi connectivity index (χ4n) is 4.01. The number of nitrogens with zero attached hydrogens (tertiary/aromatic N) is 2. The molecule has 11 heteroatoms. The number of nitrogens with one attached hydrogen (secondary N) is 1. The lowest BCUT2D eigenvalue weighted by Crippen LogP contribution is -2.51. The predicted molar refractivity (Wildman–Crippen MR) is 138 cm³/mol. The molecule has 1 aliphatic rings. The van der Waals surface area contributed by atoms with E-state index in [1.807, 2.05) is 13.8 Å². The Hall–Kier alpha value is -2.62. The van der Waals surface area contributed by atoms with Gasteiger partial charge in [0, 0.05) is 41.2 Å². The zero-order chi connectivity index (χ0) is 26.6. The summed E-state index contributed by atoms with van der Waals surface area (Å²) in [6, 6.07) is 9.93. The van der Waals surface area contributed by atoms with Crippen molar-refractivity contribution in [3.63, 3.8) is 0 Å². The van der Waals surface area contributed by atoms with E-state index in [4.69, 9.17) is 23.2 Å². The molecule has 2 atom stereocenters. The maximum absolute atomic E-state index is 13.5. The fraction of sp³-hybridized carbons (Fsp3) is 0.400. The first-order chi connectivity index (χ1) is 17.0. The average molecular weight is 554 g/mol. The second kappa shape index (κ2) is 11.6. The first-order valence-corrected chi connectivity index (χ1v) is 13.9. The van der Waals surface area contributed by atoms with E-state index in [9.17, 15) is 22.8 Å². The SMILES string of the molecule is CC[C@@H](C)NC(=O)[C@H](CC)N(Cc1c(Cl)cccc1Cl)C(=O)CCN1C(=O)c2ccccc2S1(=O)=O. The van der Waals surface area contributed by atoms with Crippen LogP contribution in [0.2, 0.25) is 10.0 Å². The van der Waals surface area contributed by atoms with Crippen molar-refractivity contribution in [2.24, 2.45) is 0 Å². The Morgan fingerprint density at radius 1 is 1.03 bits per heavy atom. The molecule has 194 valence electrons. The summed E-state index contributed by atoms with van der Waals surface area (Å²) >= 11 is 12.7. The number of sulfonamides is 1. The lowest BCUT2D eigenvalue weighted by molar-refractivity contribution is -0.141. The highest BCUT2D eigenvalue weighted by molar-refractivity contribution is 7.90. The van der Waals surface area contributed by atoms with E-state index in [0.29, 0.717) is 32.8 Å². The summed E-state index contributed by atoms with van der Waals surface area (Å²) in [4.78, 5) is 40.6. The summed E-state index contributed by atoms with van der Waals surface area (Å²) in [6.45, 7) is 5.17. The van der Waals surface area contributed by atoms with Crippen molar-refractivity contribution in [3.05, 3.63) is 63.6 Å².